The maximum absolute atomic E-state index is 11.9. The van der Waals surface area contributed by atoms with Crippen LogP contribution in [0.4, 0.5) is 5.82 Å². The SMILES string of the molecule is Nc1ncnc2c1nc(Sc1cc3c(cc1I)CCC3)n2CCCNC(=O)C1CC1. The van der Waals surface area contributed by atoms with Crippen molar-refractivity contribution in [3.63, 3.8) is 0 Å². The average molecular weight is 534 g/mol. The molecule has 3 N–H and O–H groups in total. The van der Waals surface area contributed by atoms with Gasteiger partial charge < -0.3 is 15.6 Å². The van der Waals surface area contributed by atoms with Crippen LogP contribution in [0.3, 0.4) is 0 Å². The second-order valence-electron chi connectivity index (χ2n) is 7.90. The van der Waals surface area contributed by atoms with E-state index in [4.69, 9.17) is 10.7 Å². The molecule has 2 aliphatic rings. The first-order valence-corrected chi connectivity index (χ1v) is 12.2. The molecule has 0 spiro atoms. The number of carbonyl (C=O) groups is 1. The molecule has 0 aliphatic heterocycles. The maximum atomic E-state index is 11.9. The third-order valence-corrected chi connectivity index (χ3v) is 7.99. The predicted octanol–water partition coefficient (Wildman–Crippen LogP) is 3.57. The molecule has 2 aromatic heterocycles. The van der Waals surface area contributed by atoms with Gasteiger partial charge in [0, 0.05) is 27.5 Å². The molecule has 0 unspecified atom stereocenters. The summed E-state index contributed by atoms with van der Waals surface area (Å²) in [6.45, 7) is 1.36. The van der Waals surface area contributed by atoms with Crippen molar-refractivity contribution in [1.29, 1.82) is 0 Å². The molecule has 3 aromatic rings. The van der Waals surface area contributed by atoms with E-state index >= 15 is 0 Å². The third-order valence-electron chi connectivity index (χ3n) is 5.68. The molecular weight excluding hydrogens is 511 g/mol. The summed E-state index contributed by atoms with van der Waals surface area (Å²) >= 11 is 4.07. The van der Waals surface area contributed by atoms with Crippen LogP contribution < -0.4 is 11.1 Å². The predicted molar refractivity (Wildman–Crippen MR) is 125 cm³/mol. The molecule has 156 valence electrons. The molecule has 1 aromatic carbocycles. The van der Waals surface area contributed by atoms with Crippen LogP contribution >= 0.6 is 34.4 Å². The van der Waals surface area contributed by atoms with E-state index in [1.807, 2.05) is 0 Å². The van der Waals surface area contributed by atoms with E-state index in [1.165, 1.54) is 38.8 Å². The number of nitrogens with one attached hydrogen (secondary N) is 1. The number of benzene rings is 1. The lowest BCUT2D eigenvalue weighted by Crippen LogP contribution is -2.26. The topological polar surface area (TPSA) is 98.7 Å². The van der Waals surface area contributed by atoms with Crippen molar-refractivity contribution in [2.75, 3.05) is 12.3 Å². The highest BCUT2D eigenvalue weighted by atomic mass is 127. The summed E-state index contributed by atoms with van der Waals surface area (Å²) in [5, 5.41) is 3.90. The van der Waals surface area contributed by atoms with E-state index in [1.54, 1.807) is 11.8 Å². The number of imidazole rings is 1. The van der Waals surface area contributed by atoms with Gasteiger partial charge in [-0.15, -0.1) is 0 Å². The Morgan fingerprint density at radius 1 is 1.27 bits per heavy atom. The quantitative estimate of drug-likeness (QED) is 0.355. The Balaban J connectivity index is 1.40. The lowest BCUT2D eigenvalue weighted by Gasteiger charge is -2.11. The summed E-state index contributed by atoms with van der Waals surface area (Å²) in [6.07, 6.45) is 7.89. The zero-order valence-electron chi connectivity index (χ0n) is 16.5. The van der Waals surface area contributed by atoms with Gasteiger partial charge in [-0.2, -0.15) is 0 Å². The van der Waals surface area contributed by atoms with E-state index < -0.39 is 0 Å². The van der Waals surface area contributed by atoms with E-state index in [0.717, 1.165) is 36.5 Å². The van der Waals surface area contributed by atoms with Gasteiger partial charge in [0.05, 0.1) is 0 Å². The van der Waals surface area contributed by atoms with Gasteiger partial charge in [-0.1, -0.05) is 11.8 Å². The standard InChI is InChI=1S/C21H23IN6OS/c22-15-9-13-3-1-4-14(13)10-16(15)30-21-27-17-18(23)25-11-26-19(17)28(21)8-2-7-24-20(29)12-5-6-12/h9-12H,1-8H2,(H,24,29)(H2,23,25,26). The largest absolute Gasteiger partial charge is 0.382 e. The van der Waals surface area contributed by atoms with Gasteiger partial charge >= 0.3 is 0 Å². The highest BCUT2D eigenvalue weighted by Crippen LogP contribution is 2.37. The van der Waals surface area contributed by atoms with Crippen molar-refractivity contribution < 1.29 is 4.79 Å². The number of halogens is 1. The van der Waals surface area contributed by atoms with Crippen LogP contribution in [0.15, 0.2) is 28.5 Å². The van der Waals surface area contributed by atoms with Crippen LogP contribution in [0.1, 0.15) is 36.8 Å². The molecule has 1 amide bonds. The van der Waals surface area contributed by atoms with Crippen LogP contribution in [0.25, 0.3) is 11.2 Å². The molecule has 0 saturated heterocycles. The zero-order chi connectivity index (χ0) is 20.7. The number of hydrogen-bond donors (Lipinski definition) is 2. The normalized spacial score (nSPS) is 15.5. The van der Waals surface area contributed by atoms with Gasteiger partial charge in [0.2, 0.25) is 5.91 Å². The Morgan fingerprint density at radius 3 is 2.87 bits per heavy atom. The Kier molecular flexibility index (Phi) is 5.57. The monoisotopic (exact) mass is 534 g/mol. The minimum absolute atomic E-state index is 0.180. The Morgan fingerprint density at radius 2 is 2.07 bits per heavy atom. The van der Waals surface area contributed by atoms with Crippen LogP contribution in [0.5, 0.6) is 0 Å². The van der Waals surface area contributed by atoms with Crippen LogP contribution in [0, 0.1) is 9.49 Å². The summed E-state index contributed by atoms with van der Waals surface area (Å²) in [5.74, 6) is 0.810. The number of aromatic nitrogens is 4. The highest BCUT2D eigenvalue weighted by molar-refractivity contribution is 14.1. The number of rotatable bonds is 7. The molecule has 2 aliphatic carbocycles. The minimum Gasteiger partial charge on any atom is -0.382 e. The first kappa shape index (κ1) is 20.0. The molecule has 9 heteroatoms. The second-order valence-corrected chi connectivity index (χ2v) is 10.1. The molecule has 0 radical (unpaired) electrons. The number of fused-ring (bicyclic) bond motifs is 2. The van der Waals surface area contributed by atoms with Crippen LogP contribution in [-0.4, -0.2) is 32.0 Å². The number of nitrogens with two attached hydrogens (primary N) is 1. The molecule has 2 heterocycles. The molecule has 7 nitrogen and oxygen atoms in total. The number of amides is 1. The molecule has 1 saturated carbocycles. The van der Waals surface area contributed by atoms with Crippen molar-refractivity contribution in [2.24, 2.45) is 5.92 Å². The fraction of sp³-hybridized carbons (Fsp3) is 0.429. The summed E-state index contributed by atoms with van der Waals surface area (Å²) in [4.78, 5) is 26.4. The summed E-state index contributed by atoms with van der Waals surface area (Å²) < 4.78 is 3.34. The van der Waals surface area contributed by atoms with E-state index in [2.05, 4.69) is 54.6 Å². The number of aryl methyl sites for hydroxylation is 3. The maximum Gasteiger partial charge on any atom is 0.223 e. The van der Waals surface area contributed by atoms with Crippen molar-refractivity contribution in [1.82, 2.24) is 24.8 Å². The zero-order valence-corrected chi connectivity index (χ0v) is 19.5. The number of nitrogens with zero attached hydrogens (tertiary/aromatic N) is 4. The fourth-order valence-corrected chi connectivity index (χ4v) is 5.74. The van der Waals surface area contributed by atoms with Crippen molar-refractivity contribution in [3.05, 3.63) is 33.2 Å². The number of nitrogen functional groups attached to an aromatic ring is 1. The van der Waals surface area contributed by atoms with Gasteiger partial charge in [0.15, 0.2) is 22.1 Å². The van der Waals surface area contributed by atoms with Crippen LogP contribution in [-0.2, 0) is 24.2 Å². The van der Waals surface area contributed by atoms with Crippen molar-refractivity contribution in [3.8, 4) is 0 Å². The minimum atomic E-state index is 0.180. The smallest absolute Gasteiger partial charge is 0.223 e. The van der Waals surface area contributed by atoms with Gasteiger partial charge in [0.1, 0.15) is 6.33 Å². The van der Waals surface area contributed by atoms with Crippen molar-refractivity contribution >= 4 is 57.2 Å². The summed E-state index contributed by atoms with van der Waals surface area (Å²) in [7, 11) is 0. The lowest BCUT2D eigenvalue weighted by atomic mass is 10.1. The first-order valence-electron chi connectivity index (χ1n) is 10.3. The van der Waals surface area contributed by atoms with Gasteiger partial charge in [-0.3, -0.25) is 4.79 Å². The number of anilines is 1. The lowest BCUT2D eigenvalue weighted by molar-refractivity contribution is -0.122. The summed E-state index contributed by atoms with van der Waals surface area (Å²) in [5.41, 5.74) is 10.4. The van der Waals surface area contributed by atoms with Crippen LogP contribution in [0.2, 0.25) is 0 Å². The number of hydrogen-bond acceptors (Lipinski definition) is 6. The van der Waals surface area contributed by atoms with E-state index in [9.17, 15) is 4.79 Å². The molecule has 0 atom stereocenters. The fourth-order valence-electron chi connectivity index (χ4n) is 3.90. The van der Waals surface area contributed by atoms with Gasteiger partial charge in [-0.05, 0) is 84.4 Å². The number of carbonyl (C=O) groups excluding carboxylic acids is 1. The Labute approximate surface area is 192 Å². The molecule has 0 bridgehead atoms. The van der Waals surface area contributed by atoms with Gasteiger partial charge in [-0.25, -0.2) is 15.0 Å². The summed E-state index contributed by atoms with van der Waals surface area (Å²) in [6, 6.07) is 4.61. The molecule has 30 heavy (non-hydrogen) atoms. The molecular formula is C21H23IN6OS. The van der Waals surface area contributed by atoms with Gasteiger partial charge in [0.25, 0.3) is 0 Å². The second kappa shape index (κ2) is 8.33. The Bertz CT molecular complexity index is 1130. The van der Waals surface area contributed by atoms with E-state index in [0.29, 0.717) is 24.4 Å². The average Bonchev–Trinajstić information content (AvgIpc) is 3.39. The molecule has 5 rings (SSSR count). The Hall–Kier alpha value is -1.88. The van der Waals surface area contributed by atoms with Crippen molar-refractivity contribution in [2.45, 2.75) is 55.1 Å². The van der Waals surface area contributed by atoms with E-state index in [-0.39, 0.29) is 11.8 Å². The third kappa shape index (κ3) is 4.01. The first-order chi connectivity index (χ1) is 14.6. The highest BCUT2D eigenvalue weighted by Gasteiger charge is 2.29. The molecule has 1 fully saturated rings.